The van der Waals surface area contributed by atoms with Gasteiger partial charge >= 0.3 is 0 Å². The molecule has 0 aliphatic carbocycles. The quantitative estimate of drug-likeness (QED) is 0.329. The molecule has 0 bridgehead atoms. The lowest BCUT2D eigenvalue weighted by molar-refractivity contribution is -0.00538. The Morgan fingerprint density at radius 3 is 2.26 bits per heavy atom. The summed E-state index contributed by atoms with van der Waals surface area (Å²) in [6, 6.07) is 14.7. The summed E-state index contributed by atoms with van der Waals surface area (Å²) >= 11 is 0. The molecule has 1 saturated heterocycles. The van der Waals surface area contributed by atoms with E-state index in [0.29, 0.717) is 29.2 Å². The second kappa shape index (κ2) is 10.7. The molecule has 0 saturated carbocycles. The van der Waals surface area contributed by atoms with Crippen LogP contribution in [0.15, 0.2) is 79.4 Å². The van der Waals surface area contributed by atoms with Crippen LogP contribution in [0.25, 0.3) is 22.3 Å². The van der Waals surface area contributed by atoms with Gasteiger partial charge in [0.15, 0.2) is 11.6 Å². The molecule has 0 aromatic heterocycles. The Bertz CT molecular complexity index is 1180. The normalized spacial score (nSPS) is 18.2. The van der Waals surface area contributed by atoms with Crippen LogP contribution in [0, 0.1) is 23.4 Å². The van der Waals surface area contributed by atoms with Gasteiger partial charge in [0.2, 0.25) is 5.82 Å². The molecule has 3 aromatic carbocycles. The van der Waals surface area contributed by atoms with Gasteiger partial charge in [-0.1, -0.05) is 61.2 Å². The van der Waals surface area contributed by atoms with Gasteiger partial charge in [-0.15, -0.1) is 0 Å². The Morgan fingerprint density at radius 1 is 0.941 bits per heavy atom. The zero-order valence-corrected chi connectivity index (χ0v) is 19.1. The van der Waals surface area contributed by atoms with Crippen LogP contribution in [0.5, 0.6) is 5.75 Å². The van der Waals surface area contributed by atoms with E-state index in [2.05, 4.69) is 12.7 Å². The summed E-state index contributed by atoms with van der Waals surface area (Å²) in [5.41, 5.74) is 2.51. The van der Waals surface area contributed by atoms with Crippen molar-refractivity contribution in [1.82, 2.24) is 0 Å². The summed E-state index contributed by atoms with van der Waals surface area (Å²) in [7, 11) is 0. The monoisotopic (exact) mass is 464 g/mol. The minimum atomic E-state index is -1.05. The molecule has 2 atom stereocenters. The molecule has 2 unspecified atom stereocenters. The number of hydrogen-bond acceptors (Lipinski definition) is 2. The standard InChI is InChI=1S/C29H27F3O2/c1-3-5-19-6-14-26(34-18-19)22-11-12-23(25(30)17-22)20-7-9-21(10-8-20)24-13-15-27(33-16-4-2)29(32)28(24)31/h3-5,7-13,15,17,19,26H,2,6,14,16,18H2,1H3/b5-3+. The molecule has 1 heterocycles. The van der Waals surface area contributed by atoms with Crippen LogP contribution in [0.4, 0.5) is 13.2 Å². The second-order valence-corrected chi connectivity index (χ2v) is 8.34. The Balaban J connectivity index is 1.51. The highest BCUT2D eigenvalue weighted by Crippen LogP contribution is 2.35. The highest BCUT2D eigenvalue weighted by atomic mass is 19.2. The lowest BCUT2D eigenvalue weighted by Gasteiger charge is -2.28. The average Bonchev–Trinajstić information content (AvgIpc) is 2.86. The Kier molecular flexibility index (Phi) is 7.53. The third-order valence-corrected chi connectivity index (χ3v) is 6.05. The predicted molar refractivity (Wildman–Crippen MR) is 129 cm³/mol. The number of allylic oxidation sites excluding steroid dienone is 1. The van der Waals surface area contributed by atoms with Crippen molar-refractivity contribution in [1.29, 1.82) is 0 Å². The summed E-state index contributed by atoms with van der Waals surface area (Å²) in [4.78, 5) is 0. The fraction of sp³-hybridized carbons (Fsp3) is 0.241. The maximum atomic E-state index is 15.0. The van der Waals surface area contributed by atoms with Crippen LogP contribution >= 0.6 is 0 Å². The molecule has 34 heavy (non-hydrogen) atoms. The molecule has 1 aliphatic heterocycles. The number of benzene rings is 3. The van der Waals surface area contributed by atoms with Crippen molar-refractivity contribution in [2.45, 2.75) is 25.9 Å². The molecule has 0 amide bonds. The fourth-order valence-corrected chi connectivity index (χ4v) is 4.27. The molecule has 1 fully saturated rings. The molecule has 2 nitrogen and oxygen atoms in total. The zero-order chi connectivity index (χ0) is 24.1. The molecule has 176 valence electrons. The van der Waals surface area contributed by atoms with Crippen molar-refractivity contribution < 1.29 is 22.6 Å². The first-order chi connectivity index (χ1) is 16.5. The van der Waals surface area contributed by atoms with Crippen molar-refractivity contribution in [2.24, 2.45) is 5.92 Å². The van der Waals surface area contributed by atoms with Gasteiger partial charge in [-0.25, -0.2) is 8.78 Å². The lowest BCUT2D eigenvalue weighted by Crippen LogP contribution is -2.19. The molecule has 5 heteroatoms. The number of hydrogen-bond donors (Lipinski definition) is 0. The highest BCUT2D eigenvalue weighted by molar-refractivity contribution is 5.71. The van der Waals surface area contributed by atoms with E-state index in [9.17, 15) is 13.2 Å². The Morgan fingerprint density at radius 2 is 1.65 bits per heavy atom. The summed E-state index contributed by atoms with van der Waals surface area (Å²) in [5.74, 6) is -2.14. The van der Waals surface area contributed by atoms with E-state index in [1.54, 1.807) is 30.3 Å². The topological polar surface area (TPSA) is 18.5 Å². The van der Waals surface area contributed by atoms with E-state index < -0.39 is 11.6 Å². The summed E-state index contributed by atoms with van der Waals surface area (Å²) < 4.78 is 55.0. The smallest absolute Gasteiger partial charge is 0.201 e. The predicted octanol–water partition coefficient (Wildman–Crippen LogP) is 8.05. The molecule has 1 aliphatic rings. The third-order valence-electron chi connectivity index (χ3n) is 6.05. The van der Waals surface area contributed by atoms with E-state index in [4.69, 9.17) is 9.47 Å². The first-order valence-corrected chi connectivity index (χ1v) is 11.4. The number of halogens is 3. The molecular weight excluding hydrogens is 437 g/mol. The van der Waals surface area contributed by atoms with Crippen molar-refractivity contribution >= 4 is 0 Å². The van der Waals surface area contributed by atoms with Gasteiger partial charge in [0.05, 0.1) is 12.7 Å². The molecular formula is C29H27F3O2. The molecule has 4 rings (SSSR count). The van der Waals surface area contributed by atoms with Gasteiger partial charge in [0.25, 0.3) is 0 Å². The Hall–Kier alpha value is -3.31. The van der Waals surface area contributed by atoms with Gasteiger partial charge in [-0.3, -0.25) is 0 Å². The molecule has 3 aromatic rings. The van der Waals surface area contributed by atoms with Crippen LogP contribution in [-0.2, 0) is 4.74 Å². The van der Waals surface area contributed by atoms with E-state index >= 15 is 0 Å². The van der Waals surface area contributed by atoms with Gasteiger partial charge < -0.3 is 9.47 Å². The van der Waals surface area contributed by atoms with Gasteiger partial charge in [-0.2, -0.15) is 4.39 Å². The molecule has 0 N–H and O–H groups in total. The van der Waals surface area contributed by atoms with E-state index in [0.717, 1.165) is 18.4 Å². The maximum Gasteiger partial charge on any atom is 0.201 e. The van der Waals surface area contributed by atoms with Crippen molar-refractivity contribution in [3.05, 3.63) is 102 Å². The van der Waals surface area contributed by atoms with Gasteiger partial charge in [0.1, 0.15) is 12.4 Å². The van der Waals surface area contributed by atoms with E-state index in [1.165, 1.54) is 24.3 Å². The molecule has 0 spiro atoms. The minimum Gasteiger partial charge on any atom is -0.486 e. The largest absolute Gasteiger partial charge is 0.486 e. The van der Waals surface area contributed by atoms with E-state index in [-0.39, 0.29) is 29.8 Å². The third kappa shape index (κ3) is 5.10. The van der Waals surface area contributed by atoms with Crippen molar-refractivity contribution in [3.63, 3.8) is 0 Å². The van der Waals surface area contributed by atoms with Crippen molar-refractivity contribution in [2.75, 3.05) is 13.2 Å². The first kappa shape index (κ1) is 23.8. The lowest BCUT2D eigenvalue weighted by atomic mass is 9.93. The molecule has 0 radical (unpaired) electrons. The van der Waals surface area contributed by atoms with Crippen LogP contribution in [-0.4, -0.2) is 13.2 Å². The summed E-state index contributed by atoms with van der Waals surface area (Å²) in [6.45, 7) is 6.21. The van der Waals surface area contributed by atoms with Gasteiger partial charge in [0, 0.05) is 17.0 Å². The van der Waals surface area contributed by atoms with E-state index in [1.807, 2.05) is 19.1 Å². The summed E-state index contributed by atoms with van der Waals surface area (Å²) in [5, 5.41) is 0. The van der Waals surface area contributed by atoms with Crippen LogP contribution in [0.2, 0.25) is 0 Å². The SMILES string of the molecule is C=CCOc1ccc(-c2ccc(-c3ccc(C4CCC(/C=C/C)CO4)cc3F)cc2)c(F)c1F. The Labute approximate surface area is 198 Å². The average molecular weight is 465 g/mol. The van der Waals surface area contributed by atoms with Crippen LogP contribution < -0.4 is 4.74 Å². The van der Waals surface area contributed by atoms with Crippen LogP contribution in [0.3, 0.4) is 0 Å². The minimum absolute atomic E-state index is 0.0817. The maximum absolute atomic E-state index is 15.0. The zero-order valence-electron chi connectivity index (χ0n) is 19.1. The number of ether oxygens (including phenoxy) is 2. The second-order valence-electron chi connectivity index (χ2n) is 8.34. The summed E-state index contributed by atoms with van der Waals surface area (Å²) in [6.07, 6.45) is 7.39. The van der Waals surface area contributed by atoms with Gasteiger partial charge in [-0.05, 0) is 54.7 Å². The first-order valence-electron chi connectivity index (χ1n) is 11.4. The highest BCUT2D eigenvalue weighted by Gasteiger charge is 2.22. The fourth-order valence-electron chi connectivity index (χ4n) is 4.27. The number of rotatable bonds is 7. The van der Waals surface area contributed by atoms with Crippen LogP contribution in [0.1, 0.15) is 31.4 Å². The van der Waals surface area contributed by atoms with Crippen molar-refractivity contribution in [3.8, 4) is 28.0 Å².